The highest BCUT2D eigenvalue weighted by molar-refractivity contribution is 5.10. The highest BCUT2D eigenvalue weighted by Crippen LogP contribution is 2.37. The Morgan fingerprint density at radius 1 is 1.58 bits per heavy atom. The second-order valence-corrected chi connectivity index (χ2v) is 3.12. The third-order valence-electron chi connectivity index (χ3n) is 2.01. The Bertz CT molecular complexity index is 368. The van der Waals surface area contributed by atoms with E-state index in [4.69, 9.17) is 0 Å². The Morgan fingerprint density at radius 3 is 2.75 bits per heavy atom. The van der Waals surface area contributed by atoms with Crippen LogP contribution < -0.4 is 5.56 Å². The molecule has 1 fully saturated rings. The molecular formula is C8H9FN2O. The molecule has 4 heteroatoms. The summed E-state index contributed by atoms with van der Waals surface area (Å²) >= 11 is 0. The van der Waals surface area contributed by atoms with Gasteiger partial charge in [0.05, 0.1) is 5.69 Å². The van der Waals surface area contributed by atoms with Gasteiger partial charge in [-0.3, -0.25) is 4.79 Å². The number of aromatic amines is 1. The van der Waals surface area contributed by atoms with E-state index in [2.05, 4.69) is 9.97 Å². The van der Waals surface area contributed by atoms with Gasteiger partial charge in [0.15, 0.2) is 0 Å². The molecule has 0 bridgehead atoms. The van der Waals surface area contributed by atoms with Crippen molar-refractivity contribution in [2.24, 2.45) is 0 Å². The molecule has 1 saturated carbocycles. The molecule has 3 nitrogen and oxygen atoms in total. The van der Waals surface area contributed by atoms with E-state index in [0.717, 1.165) is 12.8 Å². The van der Waals surface area contributed by atoms with Gasteiger partial charge in [0.25, 0.3) is 5.56 Å². The fourth-order valence-corrected chi connectivity index (χ4v) is 1.14. The van der Waals surface area contributed by atoms with Crippen molar-refractivity contribution < 1.29 is 4.39 Å². The highest BCUT2D eigenvalue weighted by Gasteiger charge is 2.26. The van der Waals surface area contributed by atoms with Crippen molar-refractivity contribution in [2.45, 2.75) is 25.7 Å². The topological polar surface area (TPSA) is 45.8 Å². The Kier molecular flexibility index (Phi) is 1.49. The van der Waals surface area contributed by atoms with Crippen molar-refractivity contribution in [1.29, 1.82) is 0 Å². The van der Waals surface area contributed by atoms with Crippen LogP contribution in [0.15, 0.2) is 4.79 Å². The summed E-state index contributed by atoms with van der Waals surface area (Å²) in [5.41, 5.74) is -0.454. The molecule has 0 atom stereocenters. The van der Waals surface area contributed by atoms with Crippen LogP contribution in [-0.4, -0.2) is 9.97 Å². The van der Waals surface area contributed by atoms with Crippen LogP contribution in [0, 0.1) is 12.7 Å². The number of aromatic nitrogens is 2. The van der Waals surface area contributed by atoms with Crippen LogP contribution in [0.25, 0.3) is 0 Å². The highest BCUT2D eigenvalue weighted by atomic mass is 19.1. The molecule has 12 heavy (non-hydrogen) atoms. The third kappa shape index (κ3) is 1.13. The predicted molar refractivity (Wildman–Crippen MR) is 41.5 cm³/mol. The van der Waals surface area contributed by atoms with E-state index in [-0.39, 0.29) is 5.69 Å². The summed E-state index contributed by atoms with van der Waals surface area (Å²) in [5.74, 6) is 0.232. The average Bonchev–Trinajstić information content (AvgIpc) is 2.81. The second kappa shape index (κ2) is 2.40. The summed E-state index contributed by atoms with van der Waals surface area (Å²) in [6.07, 6.45) is 2.10. The molecule has 1 aliphatic carbocycles. The van der Waals surface area contributed by atoms with Crippen LogP contribution in [0.2, 0.25) is 0 Å². The summed E-state index contributed by atoms with van der Waals surface area (Å²) in [5, 5.41) is 0. The number of aryl methyl sites for hydroxylation is 1. The maximum atomic E-state index is 12.8. The van der Waals surface area contributed by atoms with Crippen LogP contribution in [0.5, 0.6) is 0 Å². The zero-order valence-corrected chi connectivity index (χ0v) is 6.72. The molecule has 1 heterocycles. The lowest BCUT2D eigenvalue weighted by Crippen LogP contribution is -2.16. The van der Waals surface area contributed by atoms with Crippen molar-refractivity contribution in [1.82, 2.24) is 9.97 Å². The summed E-state index contributed by atoms with van der Waals surface area (Å²) in [6, 6.07) is 0. The fraction of sp³-hybridized carbons (Fsp3) is 0.500. The summed E-state index contributed by atoms with van der Waals surface area (Å²) < 4.78 is 12.8. The Labute approximate surface area is 68.7 Å². The van der Waals surface area contributed by atoms with Crippen LogP contribution in [0.1, 0.15) is 30.3 Å². The zero-order valence-electron chi connectivity index (χ0n) is 6.72. The van der Waals surface area contributed by atoms with E-state index in [1.165, 1.54) is 6.92 Å². The Morgan fingerprint density at radius 2 is 2.25 bits per heavy atom. The van der Waals surface area contributed by atoms with Crippen molar-refractivity contribution in [3.63, 3.8) is 0 Å². The van der Waals surface area contributed by atoms with Gasteiger partial charge in [0.2, 0.25) is 5.82 Å². The summed E-state index contributed by atoms with van der Waals surface area (Å²) in [4.78, 5) is 17.3. The first kappa shape index (κ1) is 7.46. The van der Waals surface area contributed by atoms with E-state index in [1.54, 1.807) is 0 Å². The first-order valence-electron chi connectivity index (χ1n) is 3.95. The Hall–Kier alpha value is -1.19. The van der Waals surface area contributed by atoms with Crippen LogP contribution >= 0.6 is 0 Å². The lowest BCUT2D eigenvalue weighted by atomic mass is 10.3. The quantitative estimate of drug-likeness (QED) is 0.682. The molecule has 0 aromatic carbocycles. The molecule has 0 unspecified atom stereocenters. The van der Waals surface area contributed by atoms with Gasteiger partial charge < -0.3 is 4.98 Å². The van der Waals surface area contributed by atoms with Crippen LogP contribution in [0.4, 0.5) is 4.39 Å². The van der Waals surface area contributed by atoms with Gasteiger partial charge in [-0.1, -0.05) is 0 Å². The Balaban J connectivity index is 2.53. The first-order valence-corrected chi connectivity index (χ1v) is 3.95. The lowest BCUT2D eigenvalue weighted by molar-refractivity contribution is 0.582. The third-order valence-corrected chi connectivity index (χ3v) is 2.01. The van der Waals surface area contributed by atoms with Gasteiger partial charge in [0.1, 0.15) is 5.82 Å². The number of H-pyrrole nitrogens is 1. The zero-order chi connectivity index (χ0) is 8.72. The molecule has 0 amide bonds. The van der Waals surface area contributed by atoms with Crippen molar-refractivity contribution in [2.75, 3.05) is 0 Å². The van der Waals surface area contributed by atoms with Gasteiger partial charge in [-0.25, -0.2) is 4.98 Å². The molecule has 0 spiro atoms. The smallest absolute Gasteiger partial charge is 0.287 e. The predicted octanol–water partition coefficient (Wildman–Crippen LogP) is 1.09. The van der Waals surface area contributed by atoms with Gasteiger partial charge in [0, 0.05) is 5.92 Å². The lowest BCUT2D eigenvalue weighted by Gasteiger charge is -1.98. The minimum absolute atomic E-state index is 0.195. The molecule has 1 N–H and O–H groups in total. The molecule has 0 radical (unpaired) electrons. The van der Waals surface area contributed by atoms with Gasteiger partial charge in [-0.05, 0) is 19.8 Å². The molecule has 1 aromatic heterocycles. The number of rotatable bonds is 1. The van der Waals surface area contributed by atoms with E-state index in [0.29, 0.717) is 11.7 Å². The number of nitrogens with one attached hydrogen (secondary N) is 1. The molecule has 0 saturated heterocycles. The average molecular weight is 168 g/mol. The molecular weight excluding hydrogens is 159 g/mol. The number of halogens is 1. The summed E-state index contributed by atoms with van der Waals surface area (Å²) in [7, 11) is 0. The van der Waals surface area contributed by atoms with Crippen molar-refractivity contribution >= 4 is 0 Å². The van der Waals surface area contributed by atoms with E-state index in [1.807, 2.05) is 0 Å². The SMILES string of the molecule is Cc1nc(C2CC2)[nH]c(=O)c1F. The van der Waals surface area contributed by atoms with Crippen molar-refractivity contribution in [3.05, 3.63) is 27.7 Å². The van der Waals surface area contributed by atoms with E-state index < -0.39 is 11.4 Å². The molecule has 2 rings (SSSR count). The largest absolute Gasteiger partial charge is 0.308 e. The maximum Gasteiger partial charge on any atom is 0.287 e. The summed E-state index contributed by atoms with van der Waals surface area (Å²) in [6.45, 7) is 1.51. The van der Waals surface area contributed by atoms with E-state index >= 15 is 0 Å². The van der Waals surface area contributed by atoms with Gasteiger partial charge in [-0.2, -0.15) is 4.39 Å². The van der Waals surface area contributed by atoms with Gasteiger partial charge >= 0.3 is 0 Å². The van der Waals surface area contributed by atoms with Gasteiger partial charge in [-0.15, -0.1) is 0 Å². The number of hydrogen-bond donors (Lipinski definition) is 1. The molecule has 64 valence electrons. The molecule has 0 aliphatic heterocycles. The minimum Gasteiger partial charge on any atom is -0.308 e. The minimum atomic E-state index is -0.764. The first-order chi connectivity index (χ1) is 5.68. The maximum absolute atomic E-state index is 12.8. The number of hydrogen-bond acceptors (Lipinski definition) is 2. The normalized spacial score (nSPS) is 16.5. The van der Waals surface area contributed by atoms with Crippen LogP contribution in [0.3, 0.4) is 0 Å². The fourth-order valence-electron chi connectivity index (χ4n) is 1.14. The molecule has 1 aromatic rings. The van der Waals surface area contributed by atoms with E-state index in [9.17, 15) is 9.18 Å². The van der Waals surface area contributed by atoms with Crippen LogP contribution in [-0.2, 0) is 0 Å². The monoisotopic (exact) mass is 168 g/mol. The van der Waals surface area contributed by atoms with Crippen molar-refractivity contribution in [3.8, 4) is 0 Å². The number of nitrogens with zero attached hydrogens (tertiary/aromatic N) is 1. The standard InChI is InChI=1S/C8H9FN2O/c1-4-6(9)8(12)11-7(10-4)5-2-3-5/h5H,2-3H2,1H3,(H,10,11,12). The second-order valence-electron chi connectivity index (χ2n) is 3.12. The molecule has 1 aliphatic rings.